The van der Waals surface area contributed by atoms with E-state index in [2.05, 4.69) is 27.4 Å². The van der Waals surface area contributed by atoms with Gasteiger partial charge >= 0.3 is 0 Å². The second-order valence-corrected chi connectivity index (χ2v) is 11.2. The number of ether oxygens (including phenoxy) is 3. The number of carbonyl (C=O) groups excluding carboxylic acids is 1. The Labute approximate surface area is 270 Å². The van der Waals surface area contributed by atoms with Gasteiger partial charge in [0.05, 0.1) is 30.0 Å². The van der Waals surface area contributed by atoms with Crippen LogP contribution >= 0.6 is 0 Å². The Morgan fingerprint density at radius 1 is 0.935 bits per heavy atom. The number of unbranched alkanes of at least 4 members (excludes halogenated alkanes) is 1. The van der Waals surface area contributed by atoms with Crippen LogP contribution in [0.5, 0.6) is 23.0 Å². The monoisotopic (exact) mass is 623 g/mol. The normalized spacial score (nSPS) is 13.3. The van der Waals surface area contributed by atoms with Crippen LogP contribution in [0.3, 0.4) is 0 Å². The first kappa shape index (κ1) is 32.5. The van der Waals surface area contributed by atoms with Gasteiger partial charge in [-0.05, 0) is 55.3 Å². The number of amides is 1. The number of nitrogens with zero attached hydrogens (tertiary/aromatic N) is 5. The summed E-state index contributed by atoms with van der Waals surface area (Å²) in [6, 6.07) is 22.4. The van der Waals surface area contributed by atoms with Crippen LogP contribution in [-0.4, -0.2) is 76.4 Å². The predicted octanol–water partition coefficient (Wildman–Crippen LogP) is 5.41. The van der Waals surface area contributed by atoms with Crippen LogP contribution in [0.25, 0.3) is 0 Å². The number of benzene rings is 3. The number of aliphatic hydroxyl groups excluding tert-OH is 1. The molecule has 10 heteroatoms. The van der Waals surface area contributed by atoms with Crippen LogP contribution < -0.4 is 14.2 Å². The van der Waals surface area contributed by atoms with Gasteiger partial charge in [-0.2, -0.15) is 5.26 Å². The standard InChI is InChI=1S/C36H41N5O5/c1-3-4-19-45-34-11-6-5-10-33(34)36(43)40-16-14-39(15-17-40)26-30-24-38-27(2)41(30)25-28-12-13-29(23-37)35(21-28)46-32-9-7-8-31(22-32)44-20-18-42/h5-13,21-22,24,42H,3-4,14-20,25-26H2,1-2H3. The number of aromatic nitrogens is 2. The highest BCUT2D eigenvalue weighted by atomic mass is 16.5. The second-order valence-electron chi connectivity index (χ2n) is 11.2. The first-order valence-corrected chi connectivity index (χ1v) is 15.8. The summed E-state index contributed by atoms with van der Waals surface area (Å²) in [6.07, 6.45) is 3.90. The molecule has 240 valence electrons. The van der Waals surface area contributed by atoms with Crippen molar-refractivity contribution in [1.29, 1.82) is 5.26 Å². The number of carbonyl (C=O) groups is 1. The molecule has 46 heavy (non-hydrogen) atoms. The van der Waals surface area contributed by atoms with E-state index < -0.39 is 0 Å². The molecule has 1 saturated heterocycles. The SMILES string of the molecule is CCCCOc1ccccc1C(=O)N1CCN(Cc2cnc(C)n2Cc2ccc(C#N)c(Oc3cccc(OCCO)c3)c2)CC1. The van der Waals surface area contributed by atoms with E-state index in [9.17, 15) is 10.1 Å². The van der Waals surface area contributed by atoms with Gasteiger partial charge in [0.25, 0.3) is 5.91 Å². The molecule has 1 N–H and O–H groups in total. The largest absolute Gasteiger partial charge is 0.493 e. The molecule has 1 aromatic heterocycles. The van der Waals surface area contributed by atoms with Crippen molar-refractivity contribution >= 4 is 5.91 Å². The molecule has 0 radical (unpaired) electrons. The Morgan fingerprint density at radius 2 is 1.74 bits per heavy atom. The molecule has 0 bridgehead atoms. The predicted molar refractivity (Wildman–Crippen MR) is 174 cm³/mol. The lowest BCUT2D eigenvalue weighted by Gasteiger charge is -2.35. The Kier molecular flexibility index (Phi) is 11.3. The molecule has 1 amide bonds. The smallest absolute Gasteiger partial charge is 0.257 e. The summed E-state index contributed by atoms with van der Waals surface area (Å²) >= 11 is 0. The third kappa shape index (κ3) is 8.24. The summed E-state index contributed by atoms with van der Waals surface area (Å²) in [5.41, 5.74) is 3.09. The van der Waals surface area contributed by atoms with E-state index in [1.807, 2.05) is 54.4 Å². The molecule has 4 aromatic rings. The summed E-state index contributed by atoms with van der Waals surface area (Å²) in [4.78, 5) is 22.3. The van der Waals surface area contributed by atoms with Crippen molar-refractivity contribution in [2.75, 3.05) is 46.0 Å². The fourth-order valence-electron chi connectivity index (χ4n) is 5.40. The zero-order valence-corrected chi connectivity index (χ0v) is 26.5. The second kappa shape index (κ2) is 15.9. The first-order valence-electron chi connectivity index (χ1n) is 15.8. The molecular weight excluding hydrogens is 582 g/mol. The molecule has 5 rings (SSSR count). The first-order chi connectivity index (χ1) is 22.5. The molecular formula is C36H41N5O5. The number of rotatable bonds is 14. The van der Waals surface area contributed by atoms with Gasteiger partial charge in [-0.3, -0.25) is 9.69 Å². The van der Waals surface area contributed by atoms with Gasteiger partial charge in [0.2, 0.25) is 0 Å². The number of hydrogen-bond acceptors (Lipinski definition) is 8. The molecule has 0 atom stereocenters. The van der Waals surface area contributed by atoms with E-state index in [4.69, 9.17) is 19.3 Å². The number of aliphatic hydroxyl groups is 1. The van der Waals surface area contributed by atoms with Crippen LogP contribution in [-0.2, 0) is 13.1 Å². The topological polar surface area (TPSA) is 113 Å². The van der Waals surface area contributed by atoms with Crippen LogP contribution in [0, 0.1) is 18.3 Å². The summed E-state index contributed by atoms with van der Waals surface area (Å²) in [7, 11) is 0. The highest BCUT2D eigenvalue weighted by molar-refractivity contribution is 5.97. The zero-order valence-electron chi connectivity index (χ0n) is 26.5. The third-order valence-corrected chi connectivity index (χ3v) is 7.96. The number of piperazine rings is 1. The lowest BCUT2D eigenvalue weighted by molar-refractivity contribution is 0.0621. The third-order valence-electron chi connectivity index (χ3n) is 7.96. The van der Waals surface area contributed by atoms with Gasteiger partial charge in [0, 0.05) is 51.5 Å². The van der Waals surface area contributed by atoms with Crippen LogP contribution in [0.2, 0.25) is 0 Å². The number of nitriles is 1. The molecule has 1 fully saturated rings. The summed E-state index contributed by atoms with van der Waals surface area (Å²) in [5.74, 6) is 3.12. The molecule has 0 saturated carbocycles. The van der Waals surface area contributed by atoms with E-state index in [0.717, 1.165) is 43.0 Å². The maximum atomic E-state index is 13.4. The average Bonchev–Trinajstić information content (AvgIpc) is 3.42. The van der Waals surface area contributed by atoms with Crippen molar-refractivity contribution < 1.29 is 24.1 Å². The Bertz CT molecular complexity index is 1650. The lowest BCUT2D eigenvalue weighted by Crippen LogP contribution is -2.48. The van der Waals surface area contributed by atoms with E-state index in [0.29, 0.717) is 66.9 Å². The molecule has 0 unspecified atom stereocenters. The minimum atomic E-state index is -0.0820. The molecule has 0 aliphatic carbocycles. The van der Waals surface area contributed by atoms with Crippen LogP contribution in [0.15, 0.2) is 72.9 Å². The van der Waals surface area contributed by atoms with Crippen molar-refractivity contribution in [3.05, 3.63) is 101 Å². The molecule has 1 aliphatic rings. The summed E-state index contributed by atoms with van der Waals surface area (Å²) in [6.45, 7) is 8.87. The minimum Gasteiger partial charge on any atom is -0.493 e. The summed E-state index contributed by atoms with van der Waals surface area (Å²) < 4.78 is 19.7. The van der Waals surface area contributed by atoms with Gasteiger partial charge < -0.3 is 28.8 Å². The van der Waals surface area contributed by atoms with E-state index in [1.165, 1.54) is 0 Å². The maximum absolute atomic E-state index is 13.4. The lowest BCUT2D eigenvalue weighted by atomic mass is 10.1. The van der Waals surface area contributed by atoms with E-state index in [-0.39, 0.29) is 19.1 Å². The highest BCUT2D eigenvalue weighted by Gasteiger charge is 2.25. The van der Waals surface area contributed by atoms with Gasteiger partial charge in [-0.15, -0.1) is 0 Å². The molecule has 10 nitrogen and oxygen atoms in total. The molecule has 0 spiro atoms. The van der Waals surface area contributed by atoms with Gasteiger partial charge in [-0.1, -0.05) is 37.6 Å². The van der Waals surface area contributed by atoms with E-state index >= 15 is 0 Å². The molecule has 2 heterocycles. The quantitative estimate of drug-likeness (QED) is 0.186. The Hall–Kier alpha value is -4.85. The molecule has 1 aliphatic heterocycles. The number of hydrogen-bond donors (Lipinski definition) is 1. The van der Waals surface area contributed by atoms with Crippen LogP contribution in [0.1, 0.15) is 52.8 Å². The average molecular weight is 624 g/mol. The van der Waals surface area contributed by atoms with Crippen molar-refractivity contribution in [2.24, 2.45) is 0 Å². The van der Waals surface area contributed by atoms with E-state index in [1.54, 1.807) is 30.3 Å². The van der Waals surface area contributed by atoms with Crippen molar-refractivity contribution in [3.63, 3.8) is 0 Å². The van der Waals surface area contributed by atoms with Crippen molar-refractivity contribution in [3.8, 4) is 29.1 Å². The number of aryl methyl sites for hydroxylation is 1. The highest BCUT2D eigenvalue weighted by Crippen LogP contribution is 2.29. The van der Waals surface area contributed by atoms with Crippen molar-refractivity contribution in [2.45, 2.75) is 39.8 Å². The van der Waals surface area contributed by atoms with Gasteiger partial charge in [0.15, 0.2) is 0 Å². The zero-order chi connectivity index (χ0) is 32.3. The van der Waals surface area contributed by atoms with Gasteiger partial charge in [-0.25, -0.2) is 4.98 Å². The fourth-order valence-corrected chi connectivity index (χ4v) is 5.40. The summed E-state index contributed by atoms with van der Waals surface area (Å²) in [5, 5.41) is 18.8. The maximum Gasteiger partial charge on any atom is 0.257 e. The number of para-hydroxylation sites is 1. The number of imidazole rings is 1. The van der Waals surface area contributed by atoms with Crippen molar-refractivity contribution in [1.82, 2.24) is 19.4 Å². The van der Waals surface area contributed by atoms with Gasteiger partial charge in [0.1, 0.15) is 41.5 Å². The molecule has 3 aromatic carbocycles. The minimum absolute atomic E-state index is 0.0101. The Balaban J connectivity index is 1.22. The van der Waals surface area contributed by atoms with Crippen LogP contribution in [0.4, 0.5) is 0 Å². The Morgan fingerprint density at radius 3 is 2.52 bits per heavy atom. The fraction of sp³-hybridized carbons (Fsp3) is 0.361.